The second-order valence-corrected chi connectivity index (χ2v) is 31.8. The minimum absolute atomic E-state index is 0.0230. The largest absolute Gasteiger partial charge is 0.457 e. The van der Waals surface area contributed by atoms with Crippen LogP contribution < -0.4 is 0 Å². The van der Waals surface area contributed by atoms with Gasteiger partial charge < -0.3 is 148 Å². The first-order valence-corrected chi connectivity index (χ1v) is 35.0. The van der Waals surface area contributed by atoms with Crippen LogP contribution in [0.2, 0.25) is 0 Å². The summed E-state index contributed by atoms with van der Waals surface area (Å²) in [5.74, 6) is -1.98. The number of fused-ring (bicyclic) bond motifs is 7. The van der Waals surface area contributed by atoms with Crippen molar-refractivity contribution in [2.75, 3.05) is 33.0 Å². The minimum atomic E-state index is -1.97. The SMILES string of the molecule is CC(=O)OC1C(C)OC(OC2C(CO)OC(OC(=O)[C@]34CCC(C)(C)CC3C3=CCC5[C@@]6(C)CC[C@H](OC7OC(CO)C(OC8OC(CO)C(OC9OCC(O)C(O)C9O)C(O)C8O)C(O)C7O)[C@@](C)(CO)C6CC[C@@]5(C)[C@]3(C)CC4)C(OC3OC(C)C(O)C(O)C3O)C2O)C(O)C1O. The van der Waals surface area contributed by atoms with Gasteiger partial charge in [-0.2, -0.15) is 0 Å². The fourth-order valence-electron chi connectivity index (χ4n) is 19.5. The van der Waals surface area contributed by atoms with Gasteiger partial charge >= 0.3 is 11.9 Å². The van der Waals surface area contributed by atoms with Gasteiger partial charge in [-0.3, -0.25) is 9.59 Å². The number of carbonyl (C=O) groups excluding carboxylic acids is 2. The molecule has 0 amide bonds. The van der Waals surface area contributed by atoms with Crippen molar-refractivity contribution in [3.8, 4) is 0 Å². The summed E-state index contributed by atoms with van der Waals surface area (Å²) in [5.41, 5.74) is -2.62. The number of hydrogen-bond acceptors (Lipinski definition) is 32. The van der Waals surface area contributed by atoms with Crippen molar-refractivity contribution >= 4 is 11.9 Å². The van der Waals surface area contributed by atoms with Crippen LogP contribution in [-0.2, 0) is 71.2 Å². The van der Waals surface area contributed by atoms with Crippen molar-refractivity contribution in [2.45, 2.75) is 311 Å². The smallest absolute Gasteiger partial charge is 0.315 e. The molecule has 11 rings (SSSR count). The van der Waals surface area contributed by atoms with E-state index in [2.05, 4.69) is 40.7 Å². The molecule has 17 N–H and O–H groups in total. The lowest BCUT2D eigenvalue weighted by molar-refractivity contribution is -0.381. The van der Waals surface area contributed by atoms with E-state index < -0.39 is 250 Å². The first kappa shape index (κ1) is 77.7. The van der Waals surface area contributed by atoms with Crippen molar-refractivity contribution in [2.24, 2.45) is 50.2 Å². The molecule has 0 bridgehead atoms. The molecule has 32 unspecified atom stereocenters. The van der Waals surface area contributed by atoms with Gasteiger partial charge in [0.05, 0.1) is 56.8 Å². The maximum Gasteiger partial charge on any atom is 0.315 e. The van der Waals surface area contributed by atoms with Crippen LogP contribution in [0, 0.1) is 50.2 Å². The Morgan fingerprint density at radius 3 is 1.56 bits per heavy atom. The van der Waals surface area contributed by atoms with Gasteiger partial charge in [-0.1, -0.05) is 53.2 Å². The van der Waals surface area contributed by atoms with E-state index in [4.69, 9.17) is 61.6 Å². The number of aliphatic hydroxyl groups is 17. The molecule has 99 heavy (non-hydrogen) atoms. The van der Waals surface area contributed by atoms with Crippen molar-refractivity contribution in [3.63, 3.8) is 0 Å². The maximum atomic E-state index is 15.8. The molecule has 6 aliphatic heterocycles. The topological polar surface area (TPSA) is 498 Å². The maximum absolute atomic E-state index is 15.8. The van der Waals surface area contributed by atoms with Crippen LogP contribution in [0.5, 0.6) is 0 Å². The van der Waals surface area contributed by atoms with Gasteiger partial charge in [-0.25, -0.2) is 0 Å². The van der Waals surface area contributed by atoms with E-state index >= 15 is 4.79 Å². The number of hydrogen-bond donors (Lipinski definition) is 17. The van der Waals surface area contributed by atoms with Gasteiger partial charge in [-0.05, 0) is 117 Å². The molecule has 10 fully saturated rings. The molecule has 6 saturated heterocycles. The van der Waals surface area contributed by atoms with E-state index in [1.54, 1.807) is 0 Å². The molecule has 6 heterocycles. The molecule has 32 heteroatoms. The summed E-state index contributed by atoms with van der Waals surface area (Å²) < 4.78 is 77.5. The highest BCUT2D eigenvalue weighted by atomic mass is 16.8. The Hall–Kier alpha value is -2.44. The predicted molar refractivity (Wildman–Crippen MR) is 330 cm³/mol. The summed E-state index contributed by atoms with van der Waals surface area (Å²) >= 11 is 0. The second-order valence-electron chi connectivity index (χ2n) is 31.8. The Morgan fingerprint density at radius 1 is 0.485 bits per heavy atom. The first-order chi connectivity index (χ1) is 46.5. The lowest BCUT2D eigenvalue weighted by Crippen LogP contribution is -2.68. The zero-order valence-electron chi connectivity index (χ0n) is 57.5. The average Bonchev–Trinajstić information content (AvgIpc) is 0.675. The monoisotopic (exact) mass is 1420 g/mol. The number of ether oxygens (including phenoxy) is 13. The highest BCUT2D eigenvalue weighted by Gasteiger charge is 2.71. The third kappa shape index (κ3) is 13.5. The molecule has 0 aromatic rings. The van der Waals surface area contributed by atoms with Crippen LogP contribution in [0.1, 0.15) is 127 Å². The molecule has 0 aromatic carbocycles. The molecule has 0 spiro atoms. The molecule has 38 atom stereocenters. The van der Waals surface area contributed by atoms with E-state index in [9.17, 15) is 91.6 Å². The zero-order valence-corrected chi connectivity index (χ0v) is 57.5. The number of aliphatic hydroxyl groups excluding tert-OH is 17. The van der Waals surface area contributed by atoms with Gasteiger partial charge in [0, 0.05) is 12.3 Å². The van der Waals surface area contributed by atoms with E-state index in [1.807, 2.05) is 6.92 Å². The van der Waals surface area contributed by atoms with Crippen LogP contribution in [0.15, 0.2) is 11.6 Å². The van der Waals surface area contributed by atoms with Crippen LogP contribution in [0.3, 0.4) is 0 Å². The number of rotatable bonds is 17. The Bertz CT molecular complexity index is 2820. The Morgan fingerprint density at radius 2 is 0.980 bits per heavy atom. The van der Waals surface area contributed by atoms with Gasteiger partial charge in [0.1, 0.15) is 116 Å². The molecular weight excluding hydrogens is 1320 g/mol. The molecule has 11 aliphatic rings. The fourth-order valence-corrected chi connectivity index (χ4v) is 19.5. The van der Waals surface area contributed by atoms with E-state index in [1.165, 1.54) is 13.8 Å². The Kier molecular flexibility index (Phi) is 23.0. The van der Waals surface area contributed by atoms with Crippen molar-refractivity contribution < 1.29 is 158 Å². The number of esters is 2. The molecule has 32 nitrogen and oxygen atoms in total. The standard InChI is InChI=1S/C67H108O32/c1-26-38(74)40(76)45(81)56(88-26)98-54-49(85)53(97-57-46(82)41(77)50(27(2)89-57)90-28(3)72)34(23-70)93-60(54)99-61(86)67-18-16-62(4,5)20-30(67)29-10-11-36-63(6)14-13-37(64(7,25-71)35(63)12-15-66(36,9)65(29,8)17-19-67)94-58-47(83)42(78)52(33(22-69)91-58)96-59-48(84)43(79)51(32(21-68)92-59)95-55-44(80)39(75)31(73)24-87-55/h10,26-27,30-60,68-71,73-85H,11-25H2,1-9H3/t26?,27?,30?,31?,32?,33?,34?,35?,36?,37-,38?,39?,40?,41?,42?,43?,44?,45?,46?,47?,48?,49?,50?,51?,52?,53?,54?,55?,56?,57?,58?,59?,60?,63-,64-,65+,66+,67-/m0/s1. The van der Waals surface area contributed by atoms with Crippen molar-refractivity contribution in [3.05, 3.63) is 11.6 Å². The second kappa shape index (κ2) is 29.4. The highest BCUT2D eigenvalue weighted by Crippen LogP contribution is 2.76. The van der Waals surface area contributed by atoms with Crippen LogP contribution in [-0.4, -0.2) is 316 Å². The quantitative estimate of drug-likeness (QED) is 0.0373. The molecule has 568 valence electrons. The lowest BCUT2D eigenvalue weighted by atomic mass is 9.33. The van der Waals surface area contributed by atoms with Crippen LogP contribution >= 0.6 is 0 Å². The predicted octanol–water partition coefficient (Wildman–Crippen LogP) is -4.15. The van der Waals surface area contributed by atoms with Gasteiger partial charge in [-0.15, -0.1) is 0 Å². The van der Waals surface area contributed by atoms with Gasteiger partial charge in [0.15, 0.2) is 43.7 Å². The summed E-state index contributed by atoms with van der Waals surface area (Å²) in [5, 5.41) is 188. The van der Waals surface area contributed by atoms with E-state index in [0.717, 1.165) is 12.5 Å². The first-order valence-electron chi connectivity index (χ1n) is 35.0. The fraction of sp³-hybridized carbons (Fsp3) is 0.940. The lowest BCUT2D eigenvalue weighted by Gasteiger charge is -2.71. The number of carbonyl (C=O) groups is 2. The molecular formula is C67H108O32. The Labute approximate surface area is 573 Å². The molecule has 5 aliphatic carbocycles. The summed E-state index contributed by atoms with van der Waals surface area (Å²) in [6.07, 6.45) is -41.5. The Balaban J connectivity index is 0.802. The summed E-state index contributed by atoms with van der Waals surface area (Å²) in [6.45, 7) is 13.8. The summed E-state index contributed by atoms with van der Waals surface area (Å²) in [6, 6.07) is 0. The van der Waals surface area contributed by atoms with Crippen LogP contribution in [0.25, 0.3) is 0 Å². The minimum Gasteiger partial charge on any atom is -0.457 e. The third-order valence-corrected chi connectivity index (χ3v) is 25.6. The molecule has 0 aromatic heterocycles. The van der Waals surface area contributed by atoms with E-state index in [-0.39, 0.29) is 29.8 Å². The van der Waals surface area contributed by atoms with Crippen molar-refractivity contribution in [1.29, 1.82) is 0 Å². The summed E-state index contributed by atoms with van der Waals surface area (Å²) in [4.78, 5) is 27.7. The number of allylic oxidation sites excluding steroid dienone is 2. The molecule has 4 saturated carbocycles. The average molecular weight is 1430 g/mol. The third-order valence-electron chi connectivity index (χ3n) is 25.6. The molecule has 0 radical (unpaired) electrons. The zero-order chi connectivity index (χ0) is 72.3. The van der Waals surface area contributed by atoms with Gasteiger partial charge in [0.2, 0.25) is 6.29 Å². The highest BCUT2D eigenvalue weighted by molar-refractivity contribution is 5.79. The normalized spacial score (nSPS) is 53.8. The van der Waals surface area contributed by atoms with E-state index in [0.29, 0.717) is 64.2 Å². The van der Waals surface area contributed by atoms with Crippen LogP contribution in [0.4, 0.5) is 0 Å². The van der Waals surface area contributed by atoms with Gasteiger partial charge in [0.25, 0.3) is 0 Å². The summed E-state index contributed by atoms with van der Waals surface area (Å²) in [7, 11) is 0. The van der Waals surface area contributed by atoms with Crippen molar-refractivity contribution in [1.82, 2.24) is 0 Å².